The third-order valence-corrected chi connectivity index (χ3v) is 3.86. The molecule has 0 atom stereocenters. The highest BCUT2D eigenvalue weighted by molar-refractivity contribution is 5.98. The van der Waals surface area contributed by atoms with Crippen LogP contribution in [0.25, 0.3) is 10.8 Å². The van der Waals surface area contributed by atoms with E-state index in [2.05, 4.69) is 10.6 Å². The van der Waals surface area contributed by atoms with Gasteiger partial charge in [0.05, 0.1) is 0 Å². The van der Waals surface area contributed by atoms with Crippen molar-refractivity contribution in [3.63, 3.8) is 0 Å². The molecule has 0 saturated carbocycles. The van der Waals surface area contributed by atoms with Gasteiger partial charge in [-0.2, -0.15) is 0 Å². The van der Waals surface area contributed by atoms with E-state index < -0.39 is 24.5 Å². The Balaban J connectivity index is 1.47. The van der Waals surface area contributed by atoms with Gasteiger partial charge in [0.2, 0.25) is 5.91 Å². The van der Waals surface area contributed by atoms with Gasteiger partial charge in [0.25, 0.3) is 5.91 Å². The van der Waals surface area contributed by atoms with Crippen molar-refractivity contribution < 1.29 is 23.9 Å². The molecule has 134 valence electrons. The Bertz CT molecular complexity index is 880. The van der Waals surface area contributed by atoms with Gasteiger partial charge in [-0.05, 0) is 22.9 Å². The van der Waals surface area contributed by atoms with Crippen LogP contribution in [0.2, 0.25) is 0 Å². The van der Waals surface area contributed by atoms with Crippen LogP contribution in [-0.4, -0.2) is 48.4 Å². The Morgan fingerprint density at radius 1 is 1.12 bits per heavy atom. The molecule has 2 aromatic rings. The zero-order valence-corrected chi connectivity index (χ0v) is 13.9. The van der Waals surface area contributed by atoms with Crippen LogP contribution in [-0.2, 0) is 19.1 Å². The molecule has 0 unspecified atom stereocenters. The summed E-state index contributed by atoms with van der Waals surface area (Å²) in [6.45, 7) is -0.633. The van der Waals surface area contributed by atoms with Gasteiger partial charge in [-0.25, -0.2) is 4.79 Å². The summed E-state index contributed by atoms with van der Waals surface area (Å²) in [5.41, 5.74) is 0.596. The highest BCUT2D eigenvalue weighted by Crippen LogP contribution is 2.18. The van der Waals surface area contributed by atoms with Gasteiger partial charge in [-0.1, -0.05) is 30.3 Å². The highest BCUT2D eigenvalue weighted by atomic mass is 16.5. The monoisotopic (exact) mass is 355 g/mol. The minimum atomic E-state index is -0.719. The predicted octanol–water partition coefficient (Wildman–Crippen LogP) is 1.26. The van der Waals surface area contributed by atoms with Crippen LogP contribution in [0, 0.1) is 0 Å². The number of nitrogens with zero attached hydrogens (tertiary/aromatic N) is 1. The fourth-order valence-electron chi connectivity index (χ4n) is 2.56. The van der Waals surface area contributed by atoms with E-state index >= 15 is 0 Å². The Hall–Kier alpha value is -3.42. The molecular weight excluding hydrogens is 338 g/mol. The first-order valence-corrected chi connectivity index (χ1v) is 8.04. The van der Waals surface area contributed by atoms with Crippen molar-refractivity contribution in [2.24, 2.45) is 0 Å². The quantitative estimate of drug-likeness (QED) is 0.786. The van der Waals surface area contributed by atoms with E-state index in [1.807, 2.05) is 36.4 Å². The van der Waals surface area contributed by atoms with Crippen molar-refractivity contribution in [1.82, 2.24) is 10.2 Å². The maximum Gasteiger partial charge on any atom is 0.326 e. The number of rotatable bonds is 5. The van der Waals surface area contributed by atoms with Crippen molar-refractivity contribution >= 4 is 40.3 Å². The molecule has 1 aliphatic rings. The van der Waals surface area contributed by atoms with Gasteiger partial charge in [0, 0.05) is 18.7 Å². The van der Waals surface area contributed by atoms with Crippen LogP contribution >= 0.6 is 0 Å². The van der Waals surface area contributed by atoms with E-state index in [4.69, 9.17) is 4.74 Å². The minimum Gasteiger partial charge on any atom is -0.454 e. The van der Waals surface area contributed by atoms with Gasteiger partial charge in [-0.3, -0.25) is 19.7 Å². The summed E-state index contributed by atoms with van der Waals surface area (Å²) in [6, 6.07) is 12.6. The van der Waals surface area contributed by atoms with E-state index in [-0.39, 0.29) is 25.4 Å². The maximum atomic E-state index is 11.9. The summed E-state index contributed by atoms with van der Waals surface area (Å²) in [4.78, 5) is 47.4. The SMILES string of the molecule is O=C1CCN(CC(=O)OCC(=O)Nc2ccc3ccccc3c2)C(=O)N1. The second kappa shape index (κ2) is 7.64. The summed E-state index contributed by atoms with van der Waals surface area (Å²) in [5, 5.41) is 6.79. The number of fused-ring (bicyclic) bond motifs is 1. The third kappa shape index (κ3) is 4.35. The van der Waals surface area contributed by atoms with Gasteiger partial charge in [-0.15, -0.1) is 0 Å². The van der Waals surface area contributed by atoms with Crippen molar-refractivity contribution in [2.75, 3.05) is 25.0 Å². The second-order valence-corrected chi connectivity index (χ2v) is 5.80. The molecule has 1 aliphatic heterocycles. The topological polar surface area (TPSA) is 105 Å². The number of carbonyl (C=O) groups excluding carboxylic acids is 4. The van der Waals surface area contributed by atoms with Crippen molar-refractivity contribution in [2.45, 2.75) is 6.42 Å². The molecule has 26 heavy (non-hydrogen) atoms. The van der Waals surface area contributed by atoms with Crippen LogP contribution < -0.4 is 10.6 Å². The Morgan fingerprint density at radius 3 is 2.65 bits per heavy atom. The lowest BCUT2D eigenvalue weighted by Crippen LogP contribution is -2.51. The first-order chi connectivity index (χ1) is 12.5. The first-order valence-electron chi connectivity index (χ1n) is 8.04. The molecule has 0 aromatic heterocycles. The van der Waals surface area contributed by atoms with E-state index in [0.717, 1.165) is 15.7 Å². The summed E-state index contributed by atoms with van der Waals surface area (Å²) >= 11 is 0. The van der Waals surface area contributed by atoms with Crippen LogP contribution in [0.15, 0.2) is 42.5 Å². The minimum absolute atomic E-state index is 0.126. The molecule has 8 nitrogen and oxygen atoms in total. The number of urea groups is 1. The van der Waals surface area contributed by atoms with Crippen molar-refractivity contribution in [3.05, 3.63) is 42.5 Å². The van der Waals surface area contributed by atoms with Crippen molar-refractivity contribution in [3.8, 4) is 0 Å². The first kappa shape index (κ1) is 17.4. The standard InChI is InChI=1S/C18H17N3O5/c22-15-7-8-21(18(25)20-15)10-17(24)26-11-16(23)19-14-6-5-12-3-1-2-4-13(12)9-14/h1-6,9H,7-8,10-11H2,(H,19,23)(H,20,22,25). The average Bonchev–Trinajstić information content (AvgIpc) is 2.62. The Morgan fingerprint density at radius 2 is 1.88 bits per heavy atom. The van der Waals surface area contributed by atoms with Gasteiger partial charge in [0.15, 0.2) is 6.61 Å². The molecule has 1 heterocycles. The Labute approximate surface area is 149 Å². The second-order valence-electron chi connectivity index (χ2n) is 5.80. The molecule has 4 amide bonds. The molecule has 3 rings (SSSR count). The largest absolute Gasteiger partial charge is 0.454 e. The smallest absolute Gasteiger partial charge is 0.326 e. The van der Waals surface area contributed by atoms with E-state index in [9.17, 15) is 19.2 Å². The molecule has 2 aromatic carbocycles. The molecular formula is C18H17N3O5. The number of imide groups is 1. The molecule has 0 radical (unpaired) electrons. The normalized spacial score (nSPS) is 14.1. The fraction of sp³-hybridized carbons (Fsp3) is 0.222. The van der Waals surface area contributed by atoms with Crippen LogP contribution in [0.4, 0.5) is 10.5 Å². The molecule has 1 saturated heterocycles. The number of anilines is 1. The van der Waals surface area contributed by atoms with Crippen LogP contribution in [0.3, 0.4) is 0 Å². The number of esters is 1. The van der Waals surface area contributed by atoms with Crippen LogP contribution in [0.1, 0.15) is 6.42 Å². The summed E-state index contributed by atoms with van der Waals surface area (Å²) in [6.07, 6.45) is 0.126. The zero-order valence-electron chi connectivity index (χ0n) is 13.9. The number of nitrogens with one attached hydrogen (secondary N) is 2. The lowest BCUT2D eigenvalue weighted by atomic mass is 10.1. The van der Waals surface area contributed by atoms with Crippen LogP contribution in [0.5, 0.6) is 0 Å². The van der Waals surface area contributed by atoms with Gasteiger partial charge in [0.1, 0.15) is 6.54 Å². The predicted molar refractivity (Wildman–Crippen MR) is 93.3 cm³/mol. The van der Waals surface area contributed by atoms with E-state index in [1.165, 1.54) is 0 Å². The summed E-state index contributed by atoms with van der Waals surface area (Å²) in [5.74, 6) is -1.58. The zero-order chi connectivity index (χ0) is 18.5. The number of hydrogen-bond acceptors (Lipinski definition) is 5. The maximum absolute atomic E-state index is 11.9. The molecule has 0 bridgehead atoms. The number of amides is 4. The highest BCUT2D eigenvalue weighted by Gasteiger charge is 2.25. The number of carbonyl (C=O) groups is 4. The fourth-order valence-corrected chi connectivity index (χ4v) is 2.56. The van der Waals surface area contributed by atoms with Gasteiger partial charge < -0.3 is 15.0 Å². The molecule has 0 aliphatic carbocycles. The molecule has 8 heteroatoms. The lowest BCUT2D eigenvalue weighted by molar-refractivity contribution is -0.148. The Kier molecular flexibility index (Phi) is 5.12. The number of benzene rings is 2. The molecule has 2 N–H and O–H groups in total. The van der Waals surface area contributed by atoms with E-state index in [1.54, 1.807) is 6.07 Å². The average molecular weight is 355 g/mol. The summed E-state index contributed by atoms with van der Waals surface area (Å²) < 4.78 is 4.88. The summed E-state index contributed by atoms with van der Waals surface area (Å²) in [7, 11) is 0. The lowest BCUT2D eigenvalue weighted by Gasteiger charge is -2.25. The third-order valence-electron chi connectivity index (χ3n) is 3.86. The number of ether oxygens (including phenoxy) is 1. The van der Waals surface area contributed by atoms with Crippen molar-refractivity contribution in [1.29, 1.82) is 0 Å². The van der Waals surface area contributed by atoms with Gasteiger partial charge >= 0.3 is 12.0 Å². The molecule has 1 fully saturated rings. The molecule has 0 spiro atoms. The number of hydrogen-bond donors (Lipinski definition) is 2. The van der Waals surface area contributed by atoms with E-state index in [0.29, 0.717) is 5.69 Å².